The van der Waals surface area contributed by atoms with Gasteiger partial charge in [0.2, 0.25) is 5.91 Å². The maximum Gasteiger partial charge on any atom is 0.228 e. The average molecular weight is 490 g/mol. The molecule has 0 radical (unpaired) electrons. The van der Waals surface area contributed by atoms with Crippen LogP contribution in [0, 0.1) is 5.92 Å². The lowest BCUT2D eigenvalue weighted by molar-refractivity contribution is -0.123. The second kappa shape index (κ2) is 10.2. The zero-order valence-electron chi connectivity index (χ0n) is 21.0. The molecule has 1 N–H and O–H groups in total. The van der Waals surface area contributed by atoms with Gasteiger partial charge < -0.3 is 10.1 Å². The molecular formula is C27H35N7O2. The van der Waals surface area contributed by atoms with Gasteiger partial charge in [0.05, 0.1) is 36.8 Å². The predicted molar refractivity (Wildman–Crippen MR) is 138 cm³/mol. The zero-order valence-corrected chi connectivity index (χ0v) is 21.0. The van der Waals surface area contributed by atoms with Crippen molar-refractivity contribution in [1.82, 2.24) is 29.5 Å². The Labute approximate surface area is 211 Å². The molecule has 3 aliphatic heterocycles. The van der Waals surface area contributed by atoms with Crippen LogP contribution in [0.25, 0.3) is 22.0 Å². The lowest BCUT2D eigenvalue weighted by Gasteiger charge is -2.41. The van der Waals surface area contributed by atoms with Gasteiger partial charge in [0.15, 0.2) is 0 Å². The summed E-state index contributed by atoms with van der Waals surface area (Å²) in [6.45, 7) is 6.72. The Bertz CT molecular complexity index is 1220. The quantitative estimate of drug-likeness (QED) is 0.569. The summed E-state index contributed by atoms with van der Waals surface area (Å²) in [5, 5.41) is 9.58. The number of carbonyl (C=O) groups is 1. The normalized spacial score (nSPS) is 20.5. The Morgan fingerprint density at radius 2 is 1.78 bits per heavy atom. The molecule has 1 amide bonds. The highest BCUT2D eigenvalue weighted by molar-refractivity contribution is 5.94. The van der Waals surface area contributed by atoms with Gasteiger partial charge in [-0.3, -0.25) is 24.3 Å². The second-order valence-corrected chi connectivity index (χ2v) is 10.4. The van der Waals surface area contributed by atoms with Crippen LogP contribution < -0.4 is 5.32 Å². The van der Waals surface area contributed by atoms with Gasteiger partial charge in [-0.2, -0.15) is 5.10 Å². The van der Waals surface area contributed by atoms with Crippen LogP contribution in [0.15, 0.2) is 30.7 Å². The van der Waals surface area contributed by atoms with Gasteiger partial charge >= 0.3 is 0 Å². The van der Waals surface area contributed by atoms with Gasteiger partial charge in [0.25, 0.3) is 0 Å². The molecule has 0 unspecified atom stereocenters. The van der Waals surface area contributed by atoms with Crippen LogP contribution in [0.1, 0.15) is 37.8 Å². The van der Waals surface area contributed by atoms with Crippen LogP contribution in [0.5, 0.6) is 0 Å². The van der Waals surface area contributed by atoms with Gasteiger partial charge in [-0.15, -0.1) is 0 Å². The molecule has 3 aliphatic rings. The number of aromatic nitrogens is 4. The highest BCUT2D eigenvalue weighted by Gasteiger charge is 2.32. The molecule has 3 aromatic heterocycles. The van der Waals surface area contributed by atoms with Crippen LogP contribution >= 0.6 is 0 Å². The van der Waals surface area contributed by atoms with Crippen molar-refractivity contribution in [3.63, 3.8) is 0 Å². The summed E-state index contributed by atoms with van der Waals surface area (Å²) in [6, 6.07) is 4.59. The Kier molecular flexibility index (Phi) is 6.69. The number of hydrogen-bond donors (Lipinski definition) is 1. The largest absolute Gasteiger partial charge is 0.378 e. The van der Waals surface area contributed by atoms with Crippen molar-refractivity contribution in [2.45, 2.75) is 44.7 Å². The summed E-state index contributed by atoms with van der Waals surface area (Å²) in [6.07, 6.45) is 11.2. The van der Waals surface area contributed by atoms with E-state index < -0.39 is 0 Å². The van der Waals surface area contributed by atoms with E-state index in [2.05, 4.69) is 31.3 Å². The van der Waals surface area contributed by atoms with Crippen LogP contribution in [0.3, 0.4) is 0 Å². The van der Waals surface area contributed by atoms with Crippen molar-refractivity contribution < 1.29 is 9.53 Å². The fraction of sp³-hybridized carbons (Fsp3) is 0.556. The van der Waals surface area contributed by atoms with Gasteiger partial charge in [-0.05, 0) is 69.4 Å². The van der Waals surface area contributed by atoms with E-state index in [1.54, 1.807) is 6.20 Å². The number of likely N-dealkylation sites (tertiary alicyclic amines) is 2. The van der Waals surface area contributed by atoms with Crippen LogP contribution in [0.2, 0.25) is 0 Å². The SMILES string of the molecule is Cn1ncc(-c2cc3cc(NC(=O)C4CCN(C5COC5)CC4)ncc3cn2)c1CN1CCCCC1. The highest BCUT2D eigenvalue weighted by Crippen LogP contribution is 2.28. The van der Waals surface area contributed by atoms with E-state index in [0.717, 1.165) is 80.8 Å². The molecule has 6 rings (SSSR count). The van der Waals surface area contributed by atoms with E-state index in [0.29, 0.717) is 11.9 Å². The fourth-order valence-corrected chi connectivity index (χ4v) is 5.64. The number of nitrogens with zero attached hydrogens (tertiary/aromatic N) is 6. The number of hydrogen-bond acceptors (Lipinski definition) is 7. The Morgan fingerprint density at radius 3 is 2.53 bits per heavy atom. The first-order valence-corrected chi connectivity index (χ1v) is 13.3. The third-order valence-electron chi connectivity index (χ3n) is 8.05. The number of fused-ring (bicyclic) bond motifs is 1. The number of anilines is 1. The van der Waals surface area contributed by atoms with Crippen molar-refractivity contribution in [2.75, 3.05) is 44.7 Å². The molecule has 3 fully saturated rings. The van der Waals surface area contributed by atoms with Crippen molar-refractivity contribution in [2.24, 2.45) is 13.0 Å². The molecule has 0 aliphatic carbocycles. The Morgan fingerprint density at radius 1 is 1.00 bits per heavy atom. The first kappa shape index (κ1) is 23.5. The van der Waals surface area contributed by atoms with E-state index in [1.807, 2.05) is 30.2 Å². The molecule has 3 saturated heterocycles. The summed E-state index contributed by atoms with van der Waals surface area (Å²) in [7, 11) is 2.01. The minimum atomic E-state index is 0.0282. The lowest BCUT2D eigenvalue weighted by Crippen LogP contribution is -2.52. The molecule has 0 atom stereocenters. The number of piperidine rings is 2. The maximum atomic E-state index is 13.0. The van der Waals surface area contributed by atoms with Crippen LogP contribution in [-0.2, 0) is 23.1 Å². The third kappa shape index (κ3) is 4.87. The number of carbonyl (C=O) groups excluding carboxylic acids is 1. The minimum absolute atomic E-state index is 0.0282. The van der Waals surface area contributed by atoms with E-state index in [-0.39, 0.29) is 11.8 Å². The smallest absolute Gasteiger partial charge is 0.228 e. The van der Waals surface area contributed by atoms with Gasteiger partial charge in [-0.1, -0.05) is 6.42 Å². The predicted octanol–water partition coefficient (Wildman–Crippen LogP) is 3.07. The number of aryl methyl sites for hydroxylation is 1. The molecule has 0 bridgehead atoms. The van der Waals surface area contributed by atoms with Crippen molar-refractivity contribution >= 4 is 22.5 Å². The van der Waals surface area contributed by atoms with E-state index >= 15 is 0 Å². The van der Waals surface area contributed by atoms with Crippen molar-refractivity contribution in [3.05, 3.63) is 36.4 Å². The molecule has 0 saturated carbocycles. The minimum Gasteiger partial charge on any atom is -0.378 e. The molecule has 190 valence electrons. The number of ether oxygens (including phenoxy) is 1. The standard InChI is InChI=1S/C27H35N7O2/c1-32-25(16-33-7-3-2-4-8-33)23(15-30-32)24-11-20-12-26(29-14-21(20)13-28-24)31-27(35)19-5-9-34(10-6-19)22-17-36-18-22/h11-15,19,22H,2-10,16-18H2,1H3,(H,29,31,35). The molecule has 6 heterocycles. The van der Waals surface area contributed by atoms with E-state index in [9.17, 15) is 4.79 Å². The molecular weight excluding hydrogens is 454 g/mol. The monoisotopic (exact) mass is 489 g/mol. The Hall–Kier alpha value is -2.88. The zero-order chi connectivity index (χ0) is 24.5. The highest BCUT2D eigenvalue weighted by atomic mass is 16.5. The van der Waals surface area contributed by atoms with Crippen molar-refractivity contribution in [3.8, 4) is 11.3 Å². The molecule has 0 aromatic carbocycles. The summed E-state index contributed by atoms with van der Waals surface area (Å²) < 4.78 is 7.28. The molecule has 3 aromatic rings. The summed E-state index contributed by atoms with van der Waals surface area (Å²) in [4.78, 5) is 27.1. The summed E-state index contributed by atoms with van der Waals surface area (Å²) >= 11 is 0. The summed E-state index contributed by atoms with van der Waals surface area (Å²) in [5.74, 6) is 0.691. The van der Waals surface area contributed by atoms with E-state index in [1.165, 1.54) is 25.0 Å². The van der Waals surface area contributed by atoms with Gasteiger partial charge in [0, 0.05) is 42.9 Å². The fourth-order valence-electron chi connectivity index (χ4n) is 5.64. The first-order chi connectivity index (χ1) is 17.6. The topological polar surface area (TPSA) is 88.4 Å². The molecule has 36 heavy (non-hydrogen) atoms. The number of nitrogens with one attached hydrogen (secondary N) is 1. The summed E-state index contributed by atoms with van der Waals surface area (Å²) in [5.41, 5.74) is 3.15. The average Bonchev–Trinajstić information content (AvgIpc) is 3.23. The lowest BCUT2D eigenvalue weighted by atomic mass is 9.94. The number of pyridine rings is 2. The Balaban J connectivity index is 1.16. The maximum absolute atomic E-state index is 13.0. The van der Waals surface area contributed by atoms with E-state index in [4.69, 9.17) is 9.72 Å². The van der Waals surface area contributed by atoms with Crippen LogP contribution in [0.4, 0.5) is 5.82 Å². The van der Waals surface area contributed by atoms with Gasteiger partial charge in [-0.25, -0.2) is 4.98 Å². The molecule has 9 nitrogen and oxygen atoms in total. The third-order valence-corrected chi connectivity index (χ3v) is 8.05. The number of amides is 1. The molecule has 9 heteroatoms. The first-order valence-electron chi connectivity index (χ1n) is 13.3. The second-order valence-electron chi connectivity index (χ2n) is 10.4. The molecule has 0 spiro atoms. The van der Waals surface area contributed by atoms with Crippen LogP contribution in [-0.4, -0.2) is 80.9 Å². The van der Waals surface area contributed by atoms with Crippen molar-refractivity contribution in [1.29, 1.82) is 0 Å². The van der Waals surface area contributed by atoms with Gasteiger partial charge in [0.1, 0.15) is 5.82 Å². The number of rotatable bonds is 6.